The number of pyridine rings is 1. The van der Waals surface area contributed by atoms with Crippen LogP contribution in [-0.4, -0.2) is 15.9 Å². The molecule has 0 radical (unpaired) electrons. The lowest BCUT2D eigenvalue weighted by Crippen LogP contribution is -2.07. The first-order chi connectivity index (χ1) is 10.1. The third-order valence-corrected chi connectivity index (χ3v) is 3.74. The summed E-state index contributed by atoms with van der Waals surface area (Å²) in [5, 5.41) is 9.66. The average molecular weight is 349 g/mol. The van der Waals surface area contributed by atoms with Crippen LogP contribution in [0.15, 0.2) is 28.9 Å². The summed E-state index contributed by atoms with van der Waals surface area (Å²) in [5.41, 5.74) is 8.60. The van der Waals surface area contributed by atoms with Crippen LogP contribution < -0.4 is 5.73 Å². The molecule has 0 unspecified atom stereocenters. The smallest absolute Gasteiger partial charge is 0.211 e. The summed E-state index contributed by atoms with van der Waals surface area (Å²) in [6.45, 7) is 4.00. The Labute approximate surface area is 132 Å². The third-order valence-electron chi connectivity index (χ3n) is 3.31. The maximum Gasteiger partial charge on any atom is 0.211 e. The predicted molar refractivity (Wildman–Crippen MR) is 86.6 cm³/mol. The van der Waals surface area contributed by atoms with E-state index in [1.54, 1.807) is 12.3 Å². The van der Waals surface area contributed by atoms with Gasteiger partial charge in [0.25, 0.3) is 0 Å². The van der Waals surface area contributed by atoms with Gasteiger partial charge in [-0.15, -0.1) is 0 Å². The Balaban J connectivity index is 0.000000774. The lowest BCUT2D eigenvalue weighted by molar-refractivity contribution is 0.103. The van der Waals surface area contributed by atoms with Gasteiger partial charge in [-0.1, -0.05) is 13.8 Å². The quantitative estimate of drug-likeness (QED) is 0.564. The molecule has 1 aromatic heterocycles. The Hall–Kier alpha value is -1.88. The number of halogens is 1. The van der Waals surface area contributed by atoms with Gasteiger partial charge in [-0.05, 0) is 58.1 Å². The van der Waals surface area contributed by atoms with Gasteiger partial charge >= 0.3 is 0 Å². The third kappa shape index (κ3) is 2.93. The lowest BCUT2D eigenvalue weighted by Gasteiger charge is -2.07. The SMILES string of the molecule is CC.Nc1cc2c(cc1O)CCc1cc(Br)cnc1C2=O. The number of fused-ring (bicyclic) bond motifs is 2. The summed E-state index contributed by atoms with van der Waals surface area (Å²) < 4.78 is 0.854. The summed E-state index contributed by atoms with van der Waals surface area (Å²) in [6.07, 6.45) is 3.01. The van der Waals surface area contributed by atoms with Crippen molar-refractivity contribution in [2.75, 3.05) is 5.73 Å². The number of aryl methyl sites for hydroxylation is 2. The number of hydrogen-bond acceptors (Lipinski definition) is 4. The topological polar surface area (TPSA) is 76.2 Å². The van der Waals surface area contributed by atoms with Gasteiger partial charge in [0.15, 0.2) is 0 Å². The zero-order valence-corrected chi connectivity index (χ0v) is 13.6. The second-order valence-corrected chi connectivity index (χ2v) is 5.47. The molecule has 0 saturated carbocycles. The molecule has 5 heteroatoms. The Bertz CT molecular complexity index is 699. The summed E-state index contributed by atoms with van der Waals surface area (Å²) in [7, 11) is 0. The number of nitrogens with two attached hydrogens (primary N) is 1. The number of hydrogen-bond donors (Lipinski definition) is 2. The first-order valence-electron chi connectivity index (χ1n) is 6.87. The molecule has 0 spiro atoms. The van der Waals surface area contributed by atoms with Crippen LogP contribution >= 0.6 is 15.9 Å². The number of phenolic OH excluding ortho intramolecular Hbond substituents is 1. The van der Waals surface area contributed by atoms with E-state index in [4.69, 9.17) is 5.73 Å². The Morgan fingerprint density at radius 2 is 1.86 bits per heavy atom. The first-order valence-corrected chi connectivity index (χ1v) is 7.66. The van der Waals surface area contributed by atoms with Crippen molar-refractivity contribution in [2.45, 2.75) is 26.7 Å². The highest BCUT2D eigenvalue weighted by molar-refractivity contribution is 9.10. The fraction of sp³-hybridized carbons (Fsp3) is 0.250. The van der Waals surface area contributed by atoms with Crippen molar-refractivity contribution in [3.63, 3.8) is 0 Å². The zero-order valence-electron chi connectivity index (χ0n) is 12.0. The Morgan fingerprint density at radius 3 is 2.57 bits per heavy atom. The molecule has 4 nitrogen and oxygen atoms in total. The molecule has 0 saturated heterocycles. The molecule has 3 rings (SSSR count). The maximum atomic E-state index is 12.5. The van der Waals surface area contributed by atoms with E-state index in [-0.39, 0.29) is 17.2 Å². The molecule has 0 bridgehead atoms. The number of nitrogens with zero attached hydrogens (tertiary/aromatic N) is 1. The fourth-order valence-corrected chi connectivity index (χ4v) is 2.72. The van der Waals surface area contributed by atoms with Gasteiger partial charge in [-0.3, -0.25) is 9.78 Å². The summed E-state index contributed by atoms with van der Waals surface area (Å²) in [5.74, 6) is -0.117. The molecule has 1 heterocycles. The van der Waals surface area contributed by atoms with Crippen LogP contribution in [0.1, 0.15) is 41.0 Å². The van der Waals surface area contributed by atoms with Gasteiger partial charge in [0.1, 0.15) is 11.4 Å². The summed E-state index contributed by atoms with van der Waals surface area (Å²) in [6, 6.07) is 5.02. The van der Waals surface area contributed by atoms with E-state index in [2.05, 4.69) is 20.9 Å². The second-order valence-electron chi connectivity index (χ2n) is 4.56. The van der Waals surface area contributed by atoms with Gasteiger partial charge < -0.3 is 10.8 Å². The molecule has 2 aromatic rings. The fourth-order valence-electron chi connectivity index (χ4n) is 2.34. The lowest BCUT2D eigenvalue weighted by atomic mass is 10.0. The number of carbonyl (C=O) groups is 1. The van der Waals surface area contributed by atoms with Crippen LogP contribution in [0.3, 0.4) is 0 Å². The predicted octanol–water partition coefficient (Wildman–Crippen LogP) is 3.49. The van der Waals surface area contributed by atoms with E-state index in [1.165, 1.54) is 6.07 Å². The molecule has 110 valence electrons. The normalized spacial score (nSPS) is 12.6. The minimum Gasteiger partial charge on any atom is -0.506 e. The molecule has 0 atom stereocenters. The first kappa shape index (κ1) is 15.5. The van der Waals surface area contributed by atoms with Gasteiger partial charge in [-0.25, -0.2) is 0 Å². The van der Waals surface area contributed by atoms with Crippen molar-refractivity contribution in [1.82, 2.24) is 4.98 Å². The van der Waals surface area contributed by atoms with Crippen LogP contribution in [0.25, 0.3) is 0 Å². The molecule has 1 aliphatic rings. The summed E-state index contributed by atoms with van der Waals surface area (Å²) in [4.78, 5) is 16.7. The molecular formula is C16H17BrN2O2. The molecule has 0 fully saturated rings. The van der Waals surface area contributed by atoms with Gasteiger partial charge in [0.05, 0.1) is 5.69 Å². The van der Waals surface area contributed by atoms with Crippen LogP contribution in [0, 0.1) is 0 Å². The largest absolute Gasteiger partial charge is 0.506 e. The van der Waals surface area contributed by atoms with E-state index >= 15 is 0 Å². The number of nitrogen functional groups attached to an aromatic ring is 1. The number of anilines is 1. The number of rotatable bonds is 0. The molecule has 1 aliphatic carbocycles. The number of benzene rings is 1. The molecule has 0 amide bonds. The number of ketones is 1. The van der Waals surface area contributed by atoms with E-state index in [0.29, 0.717) is 24.1 Å². The van der Waals surface area contributed by atoms with Crippen molar-refractivity contribution < 1.29 is 9.90 Å². The van der Waals surface area contributed by atoms with Crippen LogP contribution in [0.2, 0.25) is 0 Å². The van der Waals surface area contributed by atoms with Crippen molar-refractivity contribution in [3.8, 4) is 5.75 Å². The monoisotopic (exact) mass is 348 g/mol. The number of aromatic nitrogens is 1. The van der Waals surface area contributed by atoms with Crippen LogP contribution in [0.5, 0.6) is 5.75 Å². The van der Waals surface area contributed by atoms with Gasteiger partial charge in [0, 0.05) is 16.2 Å². The second kappa shape index (κ2) is 6.26. The molecule has 0 aliphatic heterocycles. The highest BCUT2D eigenvalue weighted by Crippen LogP contribution is 2.30. The van der Waals surface area contributed by atoms with E-state index in [1.807, 2.05) is 19.9 Å². The molecule has 1 aromatic carbocycles. The maximum absolute atomic E-state index is 12.5. The minimum absolute atomic E-state index is 0.0200. The highest BCUT2D eigenvalue weighted by atomic mass is 79.9. The van der Waals surface area contributed by atoms with Crippen molar-refractivity contribution >= 4 is 27.4 Å². The Morgan fingerprint density at radius 1 is 1.19 bits per heavy atom. The number of carbonyl (C=O) groups excluding carboxylic acids is 1. The minimum atomic E-state index is -0.137. The number of phenols is 1. The van der Waals surface area contributed by atoms with Crippen molar-refractivity contribution in [3.05, 3.63) is 51.3 Å². The molecule has 21 heavy (non-hydrogen) atoms. The highest BCUT2D eigenvalue weighted by Gasteiger charge is 2.23. The van der Waals surface area contributed by atoms with Crippen molar-refractivity contribution in [2.24, 2.45) is 0 Å². The van der Waals surface area contributed by atoms with Crippen molar-refractivity contribution in [1.29, 1.82) is 0 Å². The van der Waals surface area contributed by atoms with Gasteiger partial charge in [0.2, 0.25) is 5.78 Å². The Kier molecular flexibility index (Phi) is 4.63. The van der Waals surface area contributed by atoms with E-state index < -0.39 is 0 Å². The molecule has 3 N–H and O–H groups in total. The van der Waals surface area contributed by atoms with Gasteiger partial charge in [-0.2, -0.15) is 0 Å². The number of aromatic hydroxyl groups is 1. The average Bonchev–Trinajstić information content (AvgIpc) is 2.60. The van der Waals surface area contributed by atoms with Crippen LogP contribution in [0.4, 0.5) is 5.69 Å². The standard InChI is InChI=1S/C14H11BrN2O2.C2H6/c15-9-3-8-2-1-7-4-12(18)11(16)5-10(7)14(19)13(8)17-6-9;1-2/h3-6,18H,1-2,16H2;1-2H3. The van der Waals surface area contributed by atoms with E-state index in [0.717, 1.165) is 15.6 Å². The molecular weight excluding hydrogens is 332 g/mol. The zero-order chi connectivity index (χ0) is 15.6. The summed E-state index contributed by atoms with van der Waals surface area (Å²) >= 11 is 3.36. The van der Waals surface area contributed by atoms with E-state index in [9.17, 15) is 9.90 Å². The van der Waals surface area contributed by atoms with Crippen LogP contribution in [-0.2, 0) is 12.8 Å².